The summed E-state index contributed by atoms with van der Waals surface area (Å²) in [6.45, 7) is 5.04. The predicted octanol–water partition coefficient (Wildman–Crippen LogP) is -0.293. The van der Waals surface area contributed by atoms with Crippen LogP contribution in [0.2, 0.25) is 0 Å². The Hall–Kier alpha value is -0.160. The van der Waals surface area contributed by atoms with Gasteiger partial charge in [-0.3, -0.25) is 0 Å². The minimum Gasteiger partial charge on any atom is -0.396 e. The average molecular weight is 175 g/mol. The quantitative estimate of drug-likeness (QED) is 0.605. The second-order valence-corrected chi connectivity index (χ2v) is 3.84. The Morgan fingerprint density at radius 3 is 2.17 bits per heavy atom. The summed E-state index contributed by atoms with van der Waals surface area (Å²) in [5.74, 6) is -0.534. The zero-order valence-corrected chi connectivity index (χ0v) is 7.67. The lowest BCUT2D eigenvalue weighted by molar-refractivity contribution is -0.288. The van der Waals surface area contributed by atoms with Gasteiger partial charge in [0.25, 0.3) is 0 Å². The summed E-state index contributed by atoms with van der Waals surface area (Å²) >= 11 is 0. The summed E-state index contributed by atoms with van der Waals surface area (Å²) in [5, 5.41) is 9.07. The predicted molar refractivity (Wildman–Crippen MR) is 44.6 cm³/mol. The van der Waals surface area contributed by atoms with Crippen molar-refractivity contribution >= 4 is 0 Å². The van der Waals surface area contributed by atoms with Gasteiger partial charge in [-0.15, -0.1) is 0 Å². The fourth-order valence-electron chi connectivity index (χ4n) is 1.01. The second-order valence-electron chi connectivity index (χ2n) is 3.84. The molecule has 1 aliphatic heterocycles. The van der Waals surface area contributed by atoms with Gasteiger partial charge >= 0.3 is 0 Å². The maximum absolute atomic E-state index is 9.07. The summed E-state index contributed by atoms with van der Waals surface area (Å²) in [7, 11) is 0. The summed E-state index contributed by atoms with van der Waals surface area (Å²) in [4.78, 5) is 0. The lowest BCUT2D eigenvalue weighted by Crippen LogP contribution is -2.52. The maximum Gasteiger partial charge on any atom is 0.162 e. The van der Waals surface area contributed by atoms with Gasteiger partial charge in [0, 0.05) is 6.54 Å². The van der Waals surface area contributed by atoms with E-state index in [2.05, 4.69) is 0 Å². The minimum atomic E-state index is -0.534. The third-order valence-electron chi connectivity index (χ3n) is 2.22. The van der Waals surface area contributed by atoms with Crippen LogP contribution in [0, 0.1) is 5.41 Å². The molecule has 12 heavy (non-hydrogen) atoms. The Labute approximate surface area is 72.6 Å². The molecule has 1 rings (SSSR count). The SMILES string of the molecule is CC1(C)OCC(CN)(CO)CO1. The van der Waals surface area contributed by atoms with Crippen molar-refractivity contribution in [2.24, 2.45) is 11.1 Å². The van der Waals surface area contributed by atoms with Gasteiger partial charge in [-0.1, -0.05) is 0 Å². The van der Waals surface area contributed by atoms with Crippen LogP contribution in [0.3, 0.4) is 0 Å². The highest BCUT2D eigenvalue weighted by Gasteiger charge is 2.38. The van der Waals surface area contributed by atoms with Crippen LogP contribution in [0.1, 0.15) is 13.8 Å². The molecule has 1 saturated heterocycles. The van der Waals surface area contributed by atoms with Crippen molar-refractivity contribution in [3.63, 3.8) is 0 Å². The first-order chi connectivity index (χ1) is 5.54. The van der Waals surface area contributed by atoms with E-state index in [0.29, 0.717) is 19.8 Å². The Kier molecular flexibility index (Phi) is 2.73. The number of aliphatic hydroxyl groups is 1. The highest BCUT2D eigenvalue weighted by atomic mass is 16.7. The van der Waals surface area contributed by atoms with Gasteiger partial charge in [0.1, 0.15) is 0 Å². The van der Waals surface area contributed by atoms with E-state index in [9.17, 15) is 0 Å². The molecule has 1 heterocycles. The summed E-state index contributed by atoms with van der Waals surface area (Å²) in [6, 6.07) is 0. The van der Waals surface area contributed by atoms with E-state index >= 15 is 0 Å². The molecule has 0 aromatic rings. The summed E-state index contributed by atoms with van der Waals surface area (Å²) in [5.41, 5.74) is 5.12. The normalized spacial score (nSPS) is 27.0. The molecule has 72 valence electrons. The third-order valence-corrected chi connectivity index (χ3v) is 2.22. The van der Waals surface area contributed by atoms with Crippen molar-refractivity contribution in [2.75, 3.05) is 26.4 Å². The zero-order chi connectivity index (χ0) is 9.24. The van der Waals surface area contributed by atoms with E-state index in [1.54, 1.807) is 0 Å². The van der Waals surface area contributed by atoms with Gasteiger partial charge in [0.05, 0.1) is 25.2 Å². The Bertz CT molecular complexity index is 142. The van der Waals surface area contributed by atoms with Crippen molar-refractivity contribution in [1.82, 2.24) is 0 Å². The number of nitrogens with two attached hydrogens (primary N) is 1. The van der Waals surface area contributed by atoms with Crippen molar-refractivity contribution in [2.45, 2.75) is 19.6 Å². The van der Waals surface area contributed by atoms with Gasteiger partial charge in [0.2, 0.25) is 0 Å². The van der Waals surface area contributed by atoms with Crippen LogP contribution in [0.25, 0.3) is 0 Å². The molecule has 1 fully saturated rings. The number of ether oxygens (including phenoxy) is 2. The Balaban J connectivity index is 2.53. The van der Waals surface area contributed by atoms with Gasteiger partial charge in [0.15, 0.2) is 5.79 Å². The standard InChI is InChI=1S/C8H17NO3/c1-7(2)11-5-8(3-9,4-10)6-12-7/h10H,3-6,9H2,1-2H3. The second kappa shape index (κ2) is 3.30. The molecular formula is C8H17NO3. The molecule has 0 spiro atoms. The molecule has 0 amide bonds. The van der Waals surface area contributed by atoms with E-state index in [4.69, 9.17) is 20.3 Å². The van der Waals surface area contributed by atoms with E-state index in [1.807, 2.05) is 13.8 Å². The van der Waals surface area contributed by atoms with Gasteiger partial charge in [-0.2, -0.15) is 0 Å². The molecule has 4 nitrogen and oxygen atoms in total. The molecular weight excluding hydrogens is 158 g/mol. The van der Waals surface area contributed by atoms with Crippen LogP contribution >= 0.6 is 0 Å². The van der Waals surface area contributed by atoms with E-state index < -0.39 is 11.2 Å². The van der Waals surface area contributed by atoms with Gasteiger partial charge < -0.3 is 20.3 Å². The van der Waals surface area contributed by atoms with E-state index in [1.165, 1.54) is 0 Å². The molecule has 0 saturated carbocycles. The minimum absolute atomic E-state index is 0.0135. The first-order valence-corrected chi connectivity index (χ1v) is 4.12. The lowest BCUT2D eigenvalue weighted by Gasteiger charge is -2.41. The lowest BCUT2D eigenvalue weighted by atomic mass is 9.90. The zero-order valence-electron chi connectivity index (χ0n) is 7.67. The fraction of sp³-hybridized carbons (Fsp3) is 1.00. The summed E-state index contributed by atoms with van der Waals surface area (Å²) < 4.78 is 10.8. The van der Waals surface area contributed by atoms with Crippen molar-refractivity contribution in [3.8, 4) is 0 Å². The highest BCUT2D eigenvalue weighted by molar-refractivity contribution is 4.83. The average Bonchev–Trinajstić information content (AvgIpc) is 2.06. The molecule has 4 heteroatoms. The molecule has 0 unspecified atom stereocenters. The molecule has 0 aliphatic carbocycles. The largest absolute Gasteiger partial charge is 0.396 e. The van der Waals surface area contributed by atoms with Gasteiger partial charge in [-0.25, -0.2) is 0 Å². The molecule has 0 aromatic carbocycles. The number of rotatable bonds is 2. The molecule has 3 N–H and O–H groups in total. The van der Waals surface area contributed by atoms with Crippen LogP contribution in [-0.2, 0) is 9.47 Å². The molecule has 0 bridgehead atoms. The number of hydrogen-bond donors (Lipinski definition) is 2. The van der Waals surface area contributed by atoms with Crippen LogP contribution in [0.15, 0.2) is 0 Å². The highest BCUT2D eigenvalue weighted by Crippen LogP contribution is 2.28. The van der Waals surface area contributed by atoms with E-state index in [-0.39, 0.29) is 6.61 Å². The third kappa shape index (κ3) is 1.95. The first-order valence-electron chi connectivity index (χ1n) is 4.12. The monoisotopic (exact) mass is 175 g/mol. The fourth-order valence-corrected chi connectivity index (χ4v) is 1.01. The van der Waals surface area contributed by atoms with E-state index in [0.717, 1.165) is 0 Å². The van der Waals surface area contributed by atoms with Crippen LogP contribution in [0.4, 0.5) is 0 Å². The van der Waals surface area contributed by atoms with Crippen LogP contribution < -0.4 is 5.73 Å². The van der Waals surface area contributed by atoms with Crippen LogP contribution in [0.5, 0.6) is 0 Å². The van der Waals surface area contributed by atoms with Crippen molar-refractivity contribution in [3.05, 3.63) is 0 Å². The topological polar surface area (TPSA) is 64.7 Å². The smallest absolute Gasteiger partial charge is 0.162 e. The summed E-state index contributed by atoms with van der Waals surface area (Å²) in [6.07, 6.45) is 0. The maximum atomic E-state index is 9.07. The number of hydrogen-bond acceptors (Lipinski definition) is 4. The molecule has 0 aromatic heterocycles. The first kappa shape index (κ1) is 9.92. The number of aliphatic hydroxyl groups excluding tert-OH is 1. The Morgan fingerprint density at radius 2 is 1.83 bits per heavy atom. The van der Waals surface area contributed by atoms with Crippen molar-refractivity contribution < 1.29 is 14.6 Å². The molecule has 0 radical (unpaired) electrons. The molecule has 1 aliphatic rings. The van der Waals surface area contributed by atoms with Crippen LogP contribution in [-0.4, -0.2) is 37.3 Å². The van der Waals surface area contributed by atoms with Crippen molar-refractivity contribution in [1.29, 1.82) is 0 Å². The molecule has 0 atom stereocenters. The Morgan fingerprint density at radius 1 is 1.33 bits per heavy atom. The van der Waals surface area contributed by atoms with Gasteiger partial charge in [-0.05, 0) is 13.8 Å².